The lowest BCUT2D eigenvalue weighted by molar-refractivity contribution is -0.119. The average molecular weight is 452 g/mol. The first-order valence-corrected chi connectivity index (χ1v) is 9.39. The Bertz CT molecular complexity index is 839. The minimum atomic E-state index is -0.651. The van der Waals surface area contributed by atoms with Gasteiger partial charge >= 0.3 is 5.97 Å². The molecule has 28 heavy (non-hydrogen) atoms. The molecule has 0 atom stereocenters. The van der Waals surface area contributed by atoms with Crippen LogP contribution in [0.3, 0.4) is 0 Å². The molecule has 150 valence electrons. The van der Waals surface area contributed by atoms with Crippen molar-refractivity contribution in [2.24, 2.45) is 0 Å². The summed E-state index contributed by atoms with van der Waals surface area (Å²) in [6.45, 7) is 2.08. The smallest absolute Gasteiger partial charge is 0.338 e. The third kappa shape index (κ3) is 5.88. The first-order valence-electron chi connectivity index (χ1n) is 8.59. The highest BCUT2D eigenvalue weighted by Crippen LogP contribution is 2.37. The molecule has 0 unspecified atom stereocenters. The van der Waals surface area contributed by atoms with E-state index < -0.39 is 18.5 Å². The Kier molecular flexibility index (Phi) is 8.13. The minimum Gasteiger partial charge on any atom is -0.497 e. The van der Waals surface area contributed by atoms with Gasteiger partial charge in [-0.05, 0) is 46.6 Å². The van der Waals surface area contributed by atoms with E-state index in [1.165, 1.54) is 20.3 Å². The molecule has 7 nitrogen and oxygen atoms in total. The lowest BCUT2D eigenvalue weighted by Crippen LogP contribution is -2.21. The summed E-state index contributed by atoms with van der Waals surface area (Å²) in [5.41, 5.74) is 0.781. The second-order valence-electron chi connectivity index (χ2n) is 5.69. The molecule has 0 heterocycles. The lowest BCUT2D eigenvalue weighted by Gasteiger charge is -2.13. The molecule has 0 bridgehead atoms. The van der Waals surface area contributed by atoms with Gasteiger partial charge in [0.25, 0.3) is 5.91 Å². The van der Waals surface area contributed by atoms with E-state index in [2.05, 4.69) is 21.2 Å². The van der Waals surface area contributed by atoms with Crippen LogP contribution in [0.2, 0.25) is 0 Å². The summed E-state index contributed by atoms with van der Waals surface area (Å²) in [6.07, 6.45) is 0.835. The van der Waals surface area contributed by atoms with Crippen LogP contribution in [0, 0.1) is 0 Å². The van der Waals surface area contributed by atoms with E-state index >= 15 is 0 Å². The maximum atomic E-state index is 12.3. The number of amides is 1. The molecule has 0 radical (unpaired) electrons. The summed E-state index contributed by atoms with van der Waals surface area (Å²) in [5, 5.41) is 2.64. The van der Waals surface area contributed by atoms with Gasteiger partial charge in [-0.15, -0.1) is 0 Å². The number of hydrogen-bond donors (Lipinski definition) is 1. The number of anilines is 1. The van der Waals surface area contributed by atoms with Crippen molar-refractivity contribution in [1.82, 2.24) is 0 Å². The zero-order chi connectivity index (χ0) is 20.5. The molecule has 0 aliphatic heterocycles. The Hall–Kier alpha value is -2.74. The summed E-state index contributed by atoms with van der Waals surface area (Å²) in [7, 11) is 3.02. The molecule has 8 heteroatoms. The molecule has 0 aliphatic rings. The predicted molar refractivity (Wildman–Crippen MR) is 108 cm³/mol. The van der Waals surface area contributed by atoms with Crippen LogP contribution in [-0.4, -0.2) is 39.3 Å². The Labute approximate surface area is 172 Å². The summed E-state index contributed by atoms with van der Waals surface area (Å²) < 4.78 is 21.7. The SMILES string of the molecule is CCCOc1c(Br)cc(C(=O)OCC(=O)Nc2cccc(OC)c2)cc1OC. The van der Waals surface area contributed by atoms with E-state index in [0.717, 1.165) is 6.42 Å². The number of carbonyl (C=O) groups is 2. The standard InChI is InChI=1S/C20H22BrNO6/c1-4-8-27-19-16(21)9-13(10-17(19)26-3)20(24)28-12-18(23)22-14-6-5-7-15(11-14)25-2/h5-7,9-11H,4,8,12H2,1-3H3,(H,22,23). The fraction of sp³-hybridized carbons (Fsp3) is 0.300. The molecular formula is C20H22BrNO6. The third-order valence-corrected chi connectivity index (χ3v) is 4.19. The van der Waals surface area contributed by atoms with Gasteiger partial charge in [0.1, 0.15) is 5.75 Å². The number of benzene rings is 2. The highest BCUT2D eigenvalue weighted by atomic mass is 79.9. The van der Waals surface area contributed by atoms with Crippen molar-refractivity contribution in [3.05, 3.63) is 46.4 Å². The number of nitrogens with one attached hydrogen (secondary N) is 1. The average Bonchev–Trinajstić information content (AvgIpc) is 2.70. The van der Waals surface area contributed by atoms with E-state index in [4.69, 9.17) is 18.9 Å². The van der Waals surface area contributed by atoms with E-state index in [9.17, 15) is 9.59 Å². The van der Waals surface area contributed by atoms with Gasteiger partial charge < -0.3 is 24.3 Å². The second-order valence-corrected chi connectivity index (χ2v) is 6.55. The highest BCUT2D eigenvalue weighted by Gasteiger charge is 2.17. The van der Waals surface area contributed by atoms with Crippen molar-refractivity contribution in [3.63, 3.8) is 0 Å². The topological polar surface area (TPSA) is 83.1 Å². The van der Waals surface area contributed by atoms with E-state index in [0.29, 0.717) is 34.0 Å². The summed E-state index contributed by atoms with van der Waals surface area (Å²) in [4.78, 5) is 24.3. The fourth-order valence-electron chi connectivity index (χ4n) is 2.29. The monoisotopic (exact) mass is 451 g/mol. The van der Waals surface area contributed by atoms with E-state index in [-0.39, 0.29) is 5.56 Å². The third-order valence-electron chi connectivity index (χ3n) is 3.60. The van der Waals surface area contributed by atoms with Crippen LogP contribution in [0.15, 0.2) is 40.9 Å². The van der Waals surface area contributed by atoms with Crippen molar-refractivity contribution in [3.8, 4) is 17.2 Å². The normalized spacial score (nSPS) is 10.1. The van der Waals surface area contributed by atoms with Gasteiger partial charge in [-0.2, -0.15) is 0 Å². The Morgan fingerprint density at radius 2 is 1.89 bits per heavy atom. The number of rotatable bonds is 9. The van der Waals surface area contributed by atoms with Gasteiger partial charge in [-0.3, -0.25) is 4.79 Å². The van der Waals surface area contributed by atoms with Crippen LogP contribution in [0.5, 0.6) is 17.2 Å². The minimum absolute atomic E-state index is 0.238. The van der Waals surface area contributed by atoms with Gasteiger partial charge in [0.05, 0.1) is 30.9 Å². The van der Waals surface area contributed by atoms with E-state index in [1.807, 2.05) is 6.92 Å². The van der Waals surface area contributed by atoms with Crippen molar-refractivity contribution >= 4 is 33.5 Å². The van der Waals surface area contributed by atoms with Crippen LogP contribution < -0.4 is 19.5 Å². The maximum Gasteiger partial charge on any atom is 0.338 e. The van der Waals surface area contributed by atoms with Crippen LogP contribution in [-0.2, 0) is 9.53 Å². The first-order chi connectivity index (χ1) is 13.5. The van der Waals surface area contributed by atoms with Gasteiger partial charge in [-0.1, -0.05) is 13.0 Å². The molecule has 0 saturated heterocycles. The van der Waals surface area contributed by atoms with Crippen molar-refractivity contribution in [2.75, 3.05) is 32.8 Å². The zero-order valence-corrected chi connectivity index (χ0v) is 17.5. The van der Waals surface area contributed by atoms with Crippen LogP contribution in [0.4, 0.5) is 5.69 Å². The molecule has 0 aliphatic carbocycles. The summed E-state index contributed by atoms with van der Waals surface area (Å²) in [6, 6.07) is 9.95. The quantitative estimate of drug-likeness (QED) is 0.578. The predicted octanol–water partition coefficient (Wildman–Crippen LogP) is 4.05. The molecule has 2 aromatic carbocycles. The number of halogens is 1. The number of ether oxygens (including phenoxy) is 4. The molecule has 1 amide bonds. The molecule has 2 rings (SSSR count). The van der Waals surface area contributed by atoms with Crippen molar-refractivity contribution in [2.45, 2.75) is 13.3 Å². The van der Waals surface area contributed by atoms with E-state index in [1.54, 1.807) is 30.3 Å². The second kappa shape index (κ2) is 10.6. The van der Waals surface area contributed by atoms with Crippen LogP contribution in [0.25, 0.3) is 0 Å². The molecule has 2 aromatic rings. The number of carbonyl (C=O) groups excluding carboxylic acids is 2. The molecule has 1 N–H and O–H groups in total. The molecule has 0 fully saturated rings. The number of hydrogen-bond acceptors (Lipinski definition) is 6. The van der Waals surface area contributed by atoms with Gasteiger partial charge in [0.2, 0.25) is 0 Å². The van der Waals surface area contributed by atoms with Gasteiger partial charge in [0, 0.05) is 11.8 Å². The Balaban J connectivity index is 2.00. The first kappa shape index (κ1) is 21.6. The Morgan fingerprint density at radius 1 is 1.11 bits per heavy atom. The fourth-order valence-corrected chi connectivity index (χ4v) is 2.85. The Morgan fingerprint density at radius 3 is 2.57 bits per heavy atom. The molecular weight excluding hydrogens is 430 g/mol. The zero-order valence-electron chi connectivity index (χ0n) is 15.9. The summed E-state index contributed by atoms with van der Waals surface area (Å²) >= 11 is 3.37. The van der Waals surface area contributed by atoms with Gasteiger partial charge in [-0.25, -0.2) is 4.79 Å². The number of methoxy groups -OCH3 is 2. The maximum absolute atomic E-state index is 12.3. The van der Waals surface area contributed by atoms with Crippen molar-refractivity contribution < 1.29 is 28.5 Å². The lowest BCUT2D eigenvalue weighted by atomic mass is 10.2. The highest BCUT2D eigenvalue weighted by molar-refractivity contribution is 9.10. The van der Waals surface area contributed by atoms with Gasteiger partial charge in [0.15, 0.2) is 18.1 Å². The number of esters is 1. The molecule has 0 spiro atoms. The van der Waals surface area contributed by atoms with Crippen LogP contribution >= 0.6 is 15.9 Å². The molecule has 0 aromatic heterocycles. The van der Waals surface area contributed by atoms with Crippen LogP contribution in [0.1, 0.15) is 23.7 Å². The summed E-state index contributed by atoms with van der Waals surface area (Å²) in [5.74, 6) is 0.404. The largest absolute Gasteiger partial charge is 0.497 e. The van der Waals surface area contributed by atoms with Crippen molar-refractivity contribution in [1.29, 1.82) is 0 Å². The molecule has 0 saturated carbocycles.